The fourth-order valence-electron chi connectivity index (χ4n) is 4.41. The number of anilines is 3. The van der Waals surface area contributed by atoms with Crippen LogP contribution in [0.15, 0.2) is 36.7 Å². The van der Waals surface area contributed by atoms with Crippen LogP contribution in [0.4, 0.5) is 17.3 Å². The Morgan fingerprint density at radius 2 is 1.70 bits per heavy atom. The molecule has 2 fully saturated rings. The second-order valence-corrected chi connectivity index (χ2v) is 7.80. The van der Waals surface area contributed by atoms with E-state index in [0.717, 1.165) is 44.4 Å². The second-order valence-electron chi connectivity index (χ2n) is 7.80. The van der Waals surface area contributed by atoms with E-state index in [-0.39, 0.29) is 0 Å². The van der Waals surface area contributed by atoms with E-state index in [2.05, 4.69) is 68.8 Å². The highest BCUT2D eigenvalue weighted by atomic mass is 15.3. The predicted molar refractivity (Wildman–Crippen MR) is 113 cm³/mol. The molecule has 2 saturated heterocycles. The van der Waals surface area contributed by atoms with E-state index < -0.39 is 0 Å². The van der Waals surface area contributed by atoms with Crippen molar-refractivity contribution in [1.29, 1.82) is 0 Å². The first-order valence-corrected chi connectivity index (χ1v) is 10.4. The van der Waals surface area contributed by atoms with E-state index in [1.807, 2.05) is 0 Å². The van der Waals surface area contributed by atoms with Gasteiger partial charge in [-0.2, -0.15) is 0 Å². The summed E-state index contributed by atoms with van der Waals surface area (Å²) < 4.78 is 0. The Morgan fingerprint density at radius 1 is 0.926 bits per heavy atom. The fourth-order valence-corrected chi connectivity index (χ4v) is 4.41. The number of hydrogen-bond acceptors (Lipinski definition) is 5. The van der Waals surface area contributed by atoms with E-state index in [0.29, 0.717) is 6.04 Å². The highest BCUT2D eigenvalue weighted by Gasteiger charge is 2.24. The average molecular weight is 366 g/mol. The van der Waals surface area contributed by atoms with Crippen LogP contribution in [0.2, 0.25) is 0 Å². The van der Waals surface area contributed by atoms with Gasteiger partial charge in [0.1, 0.15) is 18.0 Å². The van der Waals surface area contributed by atoms with Crippen LogP contribution >= 0.6 is 0 Å². The lowest BCUT2D eigenvalue weighted by Crippen LogP contribution is -2.47. The maximum Gasteiger partial charge on any atom is 0.134 e. The summed E-state index contributed by atoms with van der Waals surface area (Å²) in [6, 6.07) is 11.6. The van der Waals surface area contributed by atoms with Crippen LogP contribution in [0.25, 0.3) is 0 Å². The molecule has 2 aliphatic rings. The Morgan fingerprint density at radius 3 is 2.48 bits per heavy atom. The topological polar surface area (TPSA) is 35.5 Å². The molecule has 0 spiro atoms. The fraction of sp³-hybridized carbons (Fsp3) is 0.545. The number of piperidine rings is 1. The highest BCUT2D eigenvalue weighted by Crippen LogP contribution is 2.27. The van der Waals surface area contributed by atoms with Crippen LogP contribution in [0, 0.1) is 6.92 Å². The van der Waals surface area contributed by atoms with E-state index in [4.69, 9.17) is 0 Å². The Bertz CT molecular complexity index is 754. The molecule has 0 saturated carbocycles. The largest absolute Gasteiger partial charge is 0.368 e. The Balaban J connectivity index is 1.44. The van der Waals surface area contributed by atoms with E-state index in [1.54, 1.807) is 6.33 Å². The van der Waals surface area contributed by atoms with Crippen LogP contribution < -0.4 is 14.7 Å². The van der Waals surface area contributed by atoms with Crippen LogP contribution in [0.5, 0.6) is 0 Å². The van der Waals surface area contributed by atoms with Crippen LogP contribution in [0.1, 0.15) is 38.2 Å². The molecule has 0 amide bonds. The van der Waals surface area contributed by atoms with Gasteiger partial charge in [-0.3, -0.25) is 0 Å². The third-order valence-corrected chi connectivity index (χ3v) is 6.00. The van der Waals surface area contributed by atoms with Crippen LogP contribution in [-0.2, 0) is 0 Å². The van der Waals surface area contributed by atoms with Crippen molar-refractivity contribution >= 4 is 17.3 Å². The van der Waals surface area contributed by atoms with E-state index in [9.17, 15) is 0 Å². The van der Waals surface area contributed by atoms with Crippen molar-refractivity contribution in [3.05, 3.63) is 42.2 Å². The second kappa shape index (κ2) is 8.15. The summed E-state index contributed by atoms with van der Waals surface area (Å²) >= 11 is 0. The molecule has 0 radical (unpaired) electrons. The Kier molecular flexibility index (Phi) is 5.46. The molecule has 27 heavy (non-hydrogen) atoms. The molecule has 2 aromatic rings. The maximum absolute atomic E-state index is 4.61. The minimum Gasteiger partial charge on any atom is -0.368 e. The standard InChI is InChI=1S/C22H31N5/c1-3-19-8-4-5-10-27(19)22-16-21(23-17-24-22)26-13-11-25(12-14-26)20-9-6-7-18(2)15-20/h6-7,9,15-17,19H,3-5,8,10-14H2,1-2H3. The number of hydrogen-bond donors (Lipinski definition) is 0. The summed E-state index contributed by atoms with van der Waals surface area (Å²) in [6.45, 7) is 9.63. The molecule has 1 aromatic carbocycles. The molecule has 4 rings (SSSR count). The van der Waals surface area contributed by atoms with Crippen LogP contribution in [0.3, 0.4) is 0 Å². The molecular formula is C22H31N5. The normalized spacial score (nSPS) is 20.8. The van der Waals surface area contributed by atoms with Gasteiger partial charge in [0.2, 0.25) is 0 Å². The number of rotatable bonds is 4. The summed E-state index contributed by atoms with van der Waals surface area (Å²) in [4.78, 5) is 16.6. The quantitative estimate of drug-likeness (QED) is 0.822. The number of nitrogens with zero attached hydrogens (tertiary/aromatic N) is 5. The molecule has 144 valence electrons. The predicted octanol–water partition coefficient (Wildman–Crippen LogP) is 3.88. The van der Waals surface area contributed by atoms with Gasteiger partial charge in [0.15, 0.2) is 0 Å². The number of benzene rings is 1. The number of aromatic nitrogens is 2. The summed E-state index contributed by atoms with van der Waals surface area (Å²) in [5.41, 5.74) is 2.65. The molecule has 2 aliphatic heterocycles. The van der Waals surface area contributed by atoms with Gasteiger partial charge in [0, 0.05) is 50.5 Å². The van der Waals surface area contributed by atoms with Gasteiger partial charge in [-0.05, 0) is 50.3 Å². The third-order valence-electron chi connectivity index (χ3n) is 6.00. The summed E-state index contributed by atoms with van der Waals surface area (Å²) in [5, 5.41) is 0. The van der Waals surface area contributed by atoms with Crippen LogP contribution in [-0.4, -0.2) is 48.7 Å². The van der Waals surface area contributed by atoms with Gasteiger partial charge in [-0.1, -0.05) is 19.1 Å². The SMILES string of the molecule is CCC1CCCCN1c1cc(N2CCN(c3cccc(C)c3)CC2)ncn1. The number of piperazine rings is 1. The zero-order valence-corrected chi connectivity index (χ0v) is 16.6. The zero-order chi connectivity index (χ0) is 18.6. The van der Waals surface area contributed by atoms with Crippen molar-refractivity contribution in [1.82, 2.24) is 9.97 Å². The molecule has 0 N–H and O–H groups in total. The Labute approximate surface area is 163 Å². The minimum atomic E-state index is 0.625. The first-order valence-electron chi connectivity index (χ1n) is 10.4. The minimum absolute atomic E-state index is 0.625. The first kappa shape index (κ1) is 18.1. The maximum atomic E-state index is 4.61. The first-order chi connectivity index (χ1) is 13.2. The summed E-state index contributed by atoms with van der Waals surface area (Å²) in [7, 11) is 0. The molecule has 1 aromatic heterocycles. The van der Waals surface area contributed by atoms with Crippen molar-refractivity contribution < 1.29 is 0 Å². The average Bonchev–Trinajstić information content (AvgIpc) is 2.74. The smallest absolute Gasteiger partial charge is 0.134 e. The molecule has 0 bridgehead atoms. The molecule has 1 unspecified atom stereocenters. The lowest BCUT2D eigenvalue weighted by atomic mass is 10.00. The molecule has 3 heterocycles. The van der Waals surface area contributed by atoms with Crippen molar-refractivity contribution in [2.45, 2.75) is 45.6 Å². The van der Waals surface area contributed by atoms with Crippen molar-refractivity contribution in [2.75, 3.05) is 47.4 Å². The van der Waals surface area contributed by atoms with Gasteiger partial charge >= 0.3 is 0 Å². The van der Waals surface area contributed by atoms with Crippen molar-refractivity contribution in [2.24, 2.45) is 0 Å². The van der Waals surface area contributed by atoms with Gasteiger partial charge < -0.3 is 14.7 Å². The Hall–Kier alpha value is -2.30. The molecule has 0 aliphatic carbocycles. The molecule has 5 heteroatoms. The number of aryl methyl sites for hydroxylation is 1. The molecule has 1 atom stereocenters. The van der Waals surface area contributed by atoms with Crippen molar-refractivity contribution in [3.63, 3.8) is 0 Å². The van der Waals surface area contributed by atoms with Gasteiger partial charge in [0.05, 0.1) is 0 Å². The van der Waals surface area contributed by atoms with E-state index >= 15 is 0 Å². The highest BCUT2D eigenvalue weighted by molar-refractivity contribution is 5.54. The molecular weight excluding hydrogens is 334 g/mol. The van der Waals surface area contributed by atoms with Crippen molar-refractivity contribution in [3.8, 4) is 0 Å². The van der Waals surface area contributed by atoms with Gasteiger partial charge in [0.25, 0.3) is 0 Å². The molecule has 5 nitrogen and oxygen atoms in total. The lowest BCUT2D eigenvalue weighted by molar-refractivity contribution is 0.446. The van der Waals surface area contributed by atoms with Gasteiger partial charge in [-0.15, -0.1) is 0 Å². The monoisotopic (exact) mass is 365 g/mol. The van der Waals surface area contributed by atoms with Gasteiger partial charge in [-0.25, -0.2) is 9.97 Å². The third kappa shape index (κ3) is 4.02. The van der Waals surface area contributed by atoms with E-state index in [1.165, 1.54) is 36.9 Å². The summed E-state index contributed by atoms with van der Waals surface area (Å²) in [6.07, 6.45) is 6.83. The summed E-state index contributed by atoms with van der Waals surface area (Å²) in [5.74, 6) is 2.18. The lowest BCUT2D eigenvalue weighted by Gasteiger charge is -2.38. The zero-order valence-electron chi connectivity index (χ0n) is 16.6.